The fourth-order valence-electron chi connectivity index (χ4n) is 4.47. The SMILES string of the molecule is O=C(/C=C/CN1CCCCC1)N1CCc2c(sc3ncnc(Nc4ccc(F)c(Cl)c4)c23)C1. The van der Waals surface area contributed by atoms with Gasteiger partial charge in [-0.05, 0) is 56.1 Å². The molecule has 2 aromatic heterocycles. The van der Waals surface area contributed by atoms with Crippen LogP contribution in [0.5, 0.6) is 0 Å². The molecule has 9 heteroatoms. The average molecular weight is 486 g/mol. The number of likely N-dealkylation sites (tertiary alicyclic amines) is 1. The first-order valence-corrected chi connectivity index (χ1v) is 12.4. The highest BCUT2D eigenvalue weighted by Crippen LogP contribution is 2.38. The van der Waals surface area contributed by atoms with Crippen LogP contribution in [0.1, 0.15) is 29.7 Å². The topological polar surface area (TPSA) is 61.4 Å². The van der Waals surface area contributed by atoms with E-state index in [9.17, 15) is 9.18 Å². The Bertz CT molecular complexity index is 1210. The van der Waals surface area contributed by atoms with E-state index in [4.69, 9.17) is 11.6 Å². The largest absolute Gasteiger partial charge is 0.340 e. The molecule has 1 fully saturated rings. The highest BCUT2D eigenvalue weighted by Gasteiger charge is 2.25. The van der Waals surface area contributed by atoms with E-state index in [-0.39, 0.29) is 10.9 Å². The van der Waals surface area contributed by atoms with E-state index < -0.39 is 5.82 Å². The Morgan fingerprint density at radius 3 is 2.88 bits per heavy atom. The van der Waals surface area contributed by atoms with Gasteiger partial charge < -0.3 is 10.2 Å². The van der Waals surface area contributed by atoms with Crippen molar-refractivity contribution in [2.45, 2.75) is 32.2 Å². The molecule has 0 aliphatic carbocycles. The van der Waals surface area contributed by atoms with Crippen molar-refractivity contribution < 1.29 is 9.18 Å². The number of carbonyl (C=O) groups excluding carboxylic acids is 1. The molecule has 1 N–H and O–H groups in total. The van der Waals surface area contributed by atoms with Gasteiger partial charge in [0.2, 0.25) is 5.91 Å². The standard InChI is InChI=1S/C24H25ClFN5OS/c25-18-13-16(6-7-19(18)26)29-23-22-17-8-12-31(14-20(17)33-24(22)28-15-27-23)21(32)5-4-11-30-9-2-1-3-10-30/h4-7,13,15H,1-3,8-12,14H2,(H,27,28,29)/b5-4+. The second-order valence-electron chi connectivity index (χ2n) is 8.43. The third kappa shape index (κ3) is 4.88. The average Bonchev–Trinajstić information content (AvgIpc) is 3.21. The fourth-order valence-corrected chi connectivity index (χ4v) is 5.85. The van der Waals surface area contributed by atoms with Crippen LogP contribution >= 0.6 is 22.9 Å². The predicted octanol–water partition coefficient (Wildman–Crippen LogP) is 5.15. The molecule has 0 bridgehead atoms. The van der Waals surface area contributed by atoms with Crippen molar-refractivity contribution >= 4 is 50.6 Å². The minimum absolute atomic E-state index is 0.0557. The van der Waals surface area contributed by atoms with Crippen LogP contribution in [0.15, 0.2) is 36.7 Å². The number of nitrogens with zero attached hydrogens (tertiary/aromatic N) is 4. The molecule has 3 aromatic rings. The minimum atomic E-state index is -0.460. The van der Waals surface area contributed by atoms with E-state index in [0.29, 0.717) is 24.6 Å². The third-order valence-electron chi connectivity index (χ3n) is 6.20. The number of piperidine rings is 1. The predicted molar refractivity (Wildman–Crippen MR) is 131 cm³/mol. The zero-order chi connectivity index (χ0) is 22.8. The molecule has 5 rings (SSSR count). The number of benzene rings is 1. The molecule has 0 unspecified atom stereocenters. The van der Waals surface area contributed by atoms with Gasteiger partial charge in [-0.25, -0.2) is 14.4 Å². The molecule has 33 heavy (non-hydrogen) atoms. The fraction of sp³-hybridized carbons (Fsp3) is 0.375. The van der Waals surface area contributed by atoms with Crippen LogP contribution in [0, 0.1) is 5.82 Å². The summed E-state index contributed by atoms with van der Waals surface area (Å²) in [5.41, 5.74) is 1.83. The lowest BCUT2D eigenvalue weighted by atomic mass is 10.0. The van der Waals surface area contributed by atoms with Crippen molar-refractivity contribution in [2.24, 2.45) is 0 Å². The summed E-state index contributed by atoms with van der Waals surface area (Å²) in [4.78, 5) is 27.9. The molecule has 1 amide bonds. The molecule has 172 valence electrons. The van der Waals surface area contributed by atoms with Crippen LogP contribution in [0.4, 0.5) is 15.9 Å². The van der Waals surface area contributed by atoms with Crippen LogP contribution in [0.3, 0.4) is 0 Å². The summed E-state index contributed by atoms with van der Waals surface area (Å²) in [5.74, 6) is 0.264. The number of thiophene rings is 1. The lowest BCUT2D eigenvalue weighted by molar-refractivity contribution is -0.126. The van der Waals surface area contributed by atoms with E-state index >= 15 is 0 Å². The summed E-state index contributed by atoms with van der Waals surface area (Å²) < 4.78 is 13.5. The number of hydrogen-bond acceptors (Lipinski definition) is 6. The van der Waals surface area contributed by atoms with Gasteiger partial charge in [0.05, 0.1) is 17.0 Å². The molecule has 0 spiro atoms. The number of nitrogens with one attached hydrogen (secondary N) is 1. The second kappa shape index (κ2) is 9.75. The Morgan fingerprint density at radius 2 is 2.06 bits per heavy atom. The van der Waals surface area contributed by atoms with Crippen molar-refractivity contribution in [1.82, 2.24) is 19.8 Å². The normalized spacial score (nSPS) is 17.0. The van der Waals surface area contributed by atoms with Gasteiger partial charge in [0.1, 0.15) is 22.8 Å². The van der Waals surface area contributed by atoms with Crippen molar-refractivity contribution in [3.63, 3.8) is 0 Å². The molecule has 0 atom stereocenters. The van der Waals surface area contributed by atoms with Gasteiger partial charge in [-0.3, -0.25) is 9.69 Å². The van der Waals surface area contributed by atoms with Crippen LogP contribution in [0.2, 0.25) is 5.02 Å². The summed E-state index contributed by atoms with van der Waals surface area (Å²) in [6.07, 6.45) is 9.78. The van der Waals surface area contributed by atoms with Crippen molar-refractivity contribution in [3.05, 3.63) is 58.0 Å². The molecule has 2 aliphatic rings. The van der Waals surface area contributed by atoms with Gasteiger partial charge in [-0.2, -0.15) is 0 Å². The zero-order valence-electron chi connectivity index (χ0n) is 18.2. The summed E-state index contributed by atoms with van der Waals surface area (Å²) in [6, 6.07) is 4.50. The van der Waals surface area contributed by atoms with Gasteiger partial charge in [-0.15, -0.1) is 11.3 Å². The number of hydrogen-bond donors (Lipinski definition) is 1. The van der Waals surface area contributed by atoms with Crippen molar-refractivity contribution in [2.75, 3.05) is 31.5 Å². The molecule has 6 nitrogen and oxygen atoms in total. The van der Waals surface area contributed by atoms with E-state index in [1.165, 1.54) is 37.2 Å². The second-order valence-corrected chi connectivity index (χ2v) is 9.92. The highest BCUT2D eigenvalue weighted by molar-refractivity contribution is 7.19. The molecular weight excluding hydrogens is 461 g/mol. The van der Waals surface area contributed by atoms with Crippen LogP contribution in [-0.4, -0.2) is 51.9 Å². The maximum atomic E-state index is 13.5. The maximum Gasteiger partial charge on any atom is 0.246 e. The number of carbonyl (C=O) groups is 1. The maximum absolute atomic E-state index is 13.5. The minimum Gasteiger partial charge on any atom is -0.340 e. The lowest BCUT2D eigenvalue weighted by Gasteiger charge is -2.27. The summed E-state index contributed by atoms with van der Waals surface area (Å²) in [5, 5.41) is 4.27. The Labute approximate surface area is 201 Å². The lowest BCUT2D eigenvalue weighted by Crippen LogP contribution is -2.34. The van der Waals surface area contributed by atoms with Gasteiger partial charge in [-0.1, -0.05) is 24.1 Å². The number of rotatable bonds is 5. The van der Waals surface area contributed by atoms with E-state index in [1.54, 1.807) is 29.5 Å². The third-order valence-corrected chi connectivity index (χ3v) is 7.62. The zero-order valence-corrected chi connectivity index (χ0v) is 19.8. The first kappa shape index (κ1) is 22.3. The Kier molecular flexibility index (Phi) is 6.57. The first-order valence-electron chi connectivity index (χ1n) is 11.2. The molecular formula is C24H25ClFN5OS. The van der Waals surface area contributed by atoms with E-state index in [2.05, 4.69) is 20.2 Å². The summed E-state index contributed by atoms with van der Waals surface area (Å²) in [7, 11) is 0. The molecule has 0 radical (unpaired) electrons. The summed E-state index contributed by atoms with van der Waals surface area (Å²) in [6.45, 7) is 4.31. The smallest absolute Gasteiger partial charge is 0.246 e. The Hall–Kier alpha value is -2.55. The van der Waals surface area contributed by atoms with Gasteiger partial charge in [0.15, 0.2) is 0 Å². The molecule has 0 saturated carbocycles. The Balaban J connectivity index is 1.31. The van der Waals surface area contributed by atoms with Crippen LogP contribution in [0.25, 0.3) is 10.2 Å². The van der Waals surface area contributed by atoms with Crippen LogP contribution in [-0.2, 0) is 17.8 Å². The molecule has 4 heterocycles. The molecule has 1 saturated heterocycles. The van der Waals surface area contributed by atoms with E-state index in [0.717, 1.165) is 41.1 Å². The quantitative estimate of drug-likeness (QED) is 0.506. The Morgan fingerprint density at radius 1 is 1.21 bits per heavy atom. The van der Waals surface area contributed by atoms with Gasteiger partial charge >= 0.3 is 0 Å². The first-order chi connectivity index (χ1) is 16.1. The van der Waals surface area contributed by atoms with Gasteiger partial charge in [0.25, 0.3) is 0 Å². The van der Waals surface area contributed by atoms with E-state index in [1.807, 2.05) is 11.0 Å². The molecule has 1 aromatic carbocycles. The van der Waals surface area contributed by atoms with Gasteiger partial charge in [0, 0.05) is 29.7 Å². The summed E-state index contributed by atoms with van der Waals surface area (Å²) >= 11 is 7.52. The number of anilines is 2. The number of halogens is 2. The number of amides is 1. The molecule has 2 aliphatic heterocycles. The number of aromatic nitrogens is 2. The highest BCUT2D eigenvalue weighted by atomic mass is 35.5. The van der Waals surface area contributed by atoms with Crippen molar-refractivity contribution in [3.8, 4) is 0 Å². The van der Waals surface area contributed by atoms with Crippen molar-refractivity contribution in [1.29, 1.82) is 0 Å². The van der Waals surface area contributed by atoms with Crippen LogP contribution < -0.4 is 5.32 Å². The monoisotopic (exact) mass is 485 g/mol. The number of fused-ring (bicyclic) bond motifs is 3.